The van der Waals surface area contributed by atoms with Crippen LogP contribution in [-0.2, 0) is 11.3 Å². The SMILES string of the molecule is COc1ccccc1CNC(=O)[C@@H](C)Oc1ccc(F)cc1. The fourth-order valence-corrected chi connectivity index (χ4v) is 1.95. The molecule has 0 spiro atoms. The van der Waals surface area contributed by atoms with Crippen molar-refractivity contribution in [3.8, 4) is 11.5 Å². The zero-order valence-electron chi connectivity index (χ0n) is 12.5. The van der Waals surface area contributed by atoms with Gasteiger partial charge in [-0.15, -0.1) is 0 Å². The second-order valence-electron chi connectivity index (χ2n) is 4.74. The van der Waals surface area contributed by atoms with Gasteiger partial charge in [-0.25, -0.2) is 4.39 Å². The van der Waals surface area contributed by atoms with Crippen molar-refractivity contribution in [2.75, 3.05) is 7.11 Å². The zero-order valence-corrected chi connectivity index (χ0v) is 12.5. The maximum absolute atomic E-state index is 12.8. The lowest BCUT2D eigenvalue weighted by Crippen LogP contribution is -2.35. The summed E-state index contributed by atoms with van der Waals surface area (Å²) in [5.74, 6) is 0.562. The largest absolute Gasteiger partial charge is 0.496 e. The molecule has 2 rings (SSSR count). The molecule has 22 heavy (non-hydrogen) atoms. The van der Waals surface area contributed by atoms with Crippen molar-refractivity contribution in [3.05, 3.63) is 59.9 Å². The lowest BCUT2D eigenvalue weighted by atomic mass is 10.2. The summed E-state index contributed by atoms with van der Waals surface area (Å²) >= 11 is 0. The minimum absolute atomic E-state index is 0.254. The van der Waals surface area contributed by atoms with E-state index in [2.05, 4.69) is 5.32 Å². The molecule has 5 heteroatoms. The fraction of sp³-hybridized carbons (Fsp3) is 0.235. The Morgan fingerprint density at radius 2 is 1.86 bits per heavy atom. The van der Waals surface area contributed by atoms with Crippen molar-refractivity contribution < 1.29 is 18.7 Å². The number of amides is 1. The highest BCUT2D eigenvalue weighted by Gasteiger charge is 2.15. The van der Waals surface area contributed by atoms with Crippen molar-refractivity contribution in [2.45, 2.75) is 19.6 Å². The van der Waals surface area contributed by atoms with Gasteiger partial charge in [-0.1, -0.05) is 18.2 Å². The molecule has 0 aliphatic rings. The van der Waals surface area contributed by atoms with Crippen molar-refractivity contribution in [1.29, 1.82) is 0 Å². The highest BCUT2D eigenvalue weighted by molar-refractivity contribution is 5.80. The monoisotopic (exact) mass is 303 g/mol. The third-order valence-corrected chi connectivity index (χ3v) is 3.14. The van der Waals surface area contributed by atoms with E-state index < -0.39 is 6.10 Å². The number of carbonyl (C=O) groups is 1. The normalized spacial score (nSPS) is 11.6. The maximum Gasteiger partial charge on any atom is 0.261 e. The molecule has 0 aliphatic heterocycles. The fourth-order valence-electron chi connectivity index (χ4n) is 1.95. The topological polar surface area (TPSA) is 47.6 Å². The molecule has 0 unspecified atom stereocenters. The summed E-state index contributed by atoms with van der Waals surface area (Å²) in [6.45, 7) is 1.99. The standard InChI is InChI=1S/C17H18FNO3/c1-12(22-15-9-7-14(18)8-10-15)17(20)19-11-13-5-3-4-6-16(13)21-2/h3-10,12H,11H2,1-2H3,(H,19,20)/t12-/m1/s1. The molecule has 2 aromatic rings. The number of para-hydroxylation sites is 1. The summed E-state index contributed by atoms with van der Waals surface area (Å²) in [5.41, 5.74) is 0.882. The summed E-state index contributed by atoms with van der Waals surface area (Å²) in [4.78, 5) is 12.0. The number of hydrogen-bond acceptors (Lipinski definition) is 3. The first-order chi connectivity index (χ1) is 10.6. The second kappa shape index (κ2) is 7.45. The number of nitrogens with one attached hydrogen (secondary N) is 1. The van der Waals surface area contributed by atoms with Crippen molar-refractivity contribution in [2.24, 2.45) is 0 Å². The van der Waals surface area contributed by atoms with Gasteiger partial charge in [0.2, 0.25) is 0 Å². The molecule has 1 N–H and O–H groups in total. The Labute approximate surface area is 128 Å². The Morgan fingerprint density at radius 3 is 2.55 bits per heavy atom. The first-order valence-electron chi connectivity index (χ1n) is 6.92. The second-order valence-corrected chi connectivity index (χ2v) is 4.74. The van der Waals surface area contributed by atoms with Crippen molar-refractivity contribution in [1.82, 2.24) is 5.32 Å². The molecule has 1 amide bonds. The van der Waals surface area contributed by atoms with Gasteiger partial charge < -0.3 is 14.8 Å². The van der Waals surface area contributed by atoms with Gasteiger partial charge in [-0.3, -0.25) is 4.79 Å². The van der Waals surface area contributed by atoms with Crippen LogP contribution in [0.15, 0.2) is 48.5 Å². The number of methoxy groups -OCH3 is 1. The van der Waals surface area contributed by atoms with Crippen LogP contribution in [0.25, 0.3) is 0 Å². The highest BCUT2D eigenvalue weighted by atomic mass is 19.1. The third kappa shape index (κ3) is 4.22. The van der Waals surface area contributed by atoms with Gasteiger partial charge in [-0.2, -0.15) is 0 Å². The maximum atomic E-state index is 12.8. The first-order valence-corrected chi connectivity index (χ1v) is 6.92. The number of hydrogen-bond donors (Lipinski definition) is 1. The van der Waals surface area contributed by atoms with Crippen molar-refractivity contribution in [3.63, 3.8) is 0 Å². The van der Waals surface area contributed by atoms with Crippen LogP contribution < -0.4 is 14.8 Å². The van der Waals surface area contributed by atoms with E-state index in [-0.39, 0.29) is 11.7 Å². The van der Waals surface area contributed by atoms with Gasteiger partial charge >= 0.3 is 0 Å². The first kappa shape index (κ1) is 15.8. The highest BCUT2D eigenvalue weighted by Crippen LogP contribution is 2.17. The molecule has 0 aromatic heterocycles. The molecule has 0 heterocycles. The third-order valence-electron chi connectivity index (χ3n) is 3.14. The Bertz CT molecular complexity index is 628. The molecular formula is C17H18FNO3. The number of carbonyl (C=O) groups excluding carboxylic acids is 1. The summed E-state index contributed by atoms with van der Waals surface area (Å²) in [6.07, 6.45) is -0.680. The lowest BCUT2D eigenvalue weighted by Gasteiger charge is -2.15. The van der Waals surface area contributed by atoms with Gasteiger partial charge in [0.15, 0.2) is 6.10 Å². The molecular weight excluding hydrogens is 285 g/mol. The Kier molecular flexibility index (Phi) is 5.36. The molecule has 0 fully saturated rings. The van der Waals surface area contributed by atoms with Crippen molar-refractivity contribution >= 4 is 5.91 Å². The van der Waals surface area contributed by atoms with E-state index in [1.54, 1.807) is 14.0 Å². The number of benzene rings is 2. The van der Waals surface area contributed by atoms with E-state index >= 15 is 0 Å². The molecule has 2 aromatic carbocycles. The van der Waals surface area contributed by atoms with Crippen LogP contribution in [0.2, 0.25) is 0 Å². The summed E-state index contributed by atoms with van der Waals surface area (Å²) in [5, 5.41) is 2.79. The van der Waals surface area contributed by atoms with Crippen LogP contribution in [-0.4, -0.2) is 19.1 Å². The Balaban J connectivity index is 1.90. The predicted molar refractivity (Wildman–Crippen MR) is 81.3 cm³/mol. The smallest absolute Gasteiger partial charge is 0.261 e. The van der Waals surface area contributed by atoms with E-state index in [9.17, 15) is 9.18 Å². The van der Waals surface area contributed by atoms with Crippen LogP contribution >= 0.6 is 0 Å². The van der Waals surface area contributed by atoms with Crippen LogP contribution in [0.1, 0.15) is 12.5 Å². The van der Waals surface area contributed by atoms with Crippen LogP contribution in [0, 0.1) is 5.82 Å². The minimum atomic E-state index is -0.680. The molecule has 0 aliphatic carbocycles. The van der Waals surface area contributed by atoms with E-state index in [4.69, 9.17) is 9.47 Å². The van der Waals surface area contributed by atoms with E-state index in [1.807, 2.05) is 24.3 Å². The van der Waals surface area contributed by atoms with Crippen LogP contribution in [0.3, 0.4) is 0 Å². The Hall–Kier alpha value is -2.56. The molecule has 116 valence electrons. The number of ether oxygens (including phenoxy) is 2. The molecule has 4 nitrogen and oxygen atoms in total. The van der Waals surface area contributed by atoms with Gasteiger partial charge in [0.25, 0.3) is 5.91 Å². The minimum Gasteiger partial charge on any atom is -0.496 e. The molecule has 0 bridgehead atoms. The van der Waals surface area contributed by atoms with E-state index in [1.165, 1.54) is 24.3 Å². The number of halogens is 1. The molecule has 0 saturated heterocycles. The Morgan fingerprint density at radius 1 is 1.18 bits per heavy atom. The van der Waals surface area contributed by atoms with Crippen LogP contribution in [0.5, 0.6) is 11.5 Å². The summed E-state index contributed by atoms with van der Waals surface area (Å²) in [6, 6.07) is 13.0. The molecule has 0 radical (unpaired) electrons. The molecule has 0 saturated carbocycles. The average molecular weight is 303 g/mol. The summed E-state index contributed by atoms with van der Waals surface area (Å²) < 4.78 is 23.5. The van der Waals surface area contributed by atoms with Crippen LogP contribution in [0.4, 0.5) is 4.39 Å². The zero-order chi connectivity index (χ0) is 15.9. The van der Waals surface area contributed by atoms with Gasteiger partial charge in [-0.05, 0) is 37.3 Å². The lowest BCUT2D eigenvalue weighted by molar-refractivity contribution is -0.127. The average Bonchev–Trinajstić information content (AvgIpc) is 2.54. The number of rotatable bonds is 6. The van der Waals surface area contributed by atoms with Gasteiger partial charge in [0, 0.05) is 12.1 Å². The predicted octanol–water partition coefficient (Wildman–Crippen LogP) is 2.92. The quantitative estimate of drug-likeness (QED) is 0.892. The molecule has 1 atom stereocenters. The summed E-state index contributed by atoms with van der Waals surface area (Å²) in [7, 11) is 1.58. The van der Waals surface area contributed by atoms with E-state index in [0.29, 0.717) is 12.3 Å². The van der Waals surface area contributed by atoms with Gasteiger partial charge in [0.05, 0.1) is 7.11 Å². The van der Waals surface area contributed by atoms with E-state index in [0.717, 1.165) is 11.3 Å². The van der Waals surface area contributed by atoms with Gasteiger partial charge in [0.1, 0.15) is 17.3 Å².